The second kappa shape index (κ2) is 16.0. The standard InChI is InChI=1S/C16H34O5S/c1-5-18-8-9-19-10-12-21-16(6-13-22)14(2)15(3)20-11-7-17-4/h14-16,22H,5-13H2,1-4H3. The third-order valence-corrected chi connectivity index (χ3v) is 3.80. The van der Waals surface area contributed by atoms with Gasteiger partial charge < -0.3 is 23.7 Å². The zero-order chi connectivity index (χ0) is 16.6. The number of hydrogen-bond acceptors (Lipinski definition) is 6. The van der Waals surface area contributed by atoms with Gasteiger partial charge in [0.25, 0.3) is 0 Å². The van der Waals surface area contributed by atoms with E-state index in [0.717, 1.165) is 18.8 Å². The third kappa shape index (κ3) is 11.7. The monoisotopic (exact) mass is 338 g/mol. The Morgan fingerprint density at radius 1 is 0.864 bits per heavy atom. The van der Waals surface area contributed by atoms with Crippen molar-refractivity contribution in [1.82, 2.24) is 0 Å². The Bertz CT molecular complexity index is 231. The molecule has 0 aromatic heterocycles. The summed E-state index contributed by atoms with van der Waals surface area (Å²) in [6, 6.07) is 0. The number of ether oxygens (including phenoxy) is 5. The number of methoxy groups -OCH3 is 1. The minimum absolute atomic E-state index is 0.124. The van der Waals surface area contributed by atoms with Crippen LogP contribution in [0.4, 0.5) is 0 Å². The van der Waals surface area contributed by atoms with Crippen LogP contribution in [0.25, 0.3) is 0 Å². The maximum atomic E-state index is 5.95. The molecule has 0 heterocycles. The van der Waals surface area contributed by atoms with E-state index in [0.29, 0.717) is 45.6 Å². The van der Waals surface area contributed by atoms with Crippen molar-refractivity contribution in [2.75, 3.05) is 59.1 Å². The quantitative estimate of drug-likeness (QED) is 0.346. The first-order valence-corrected chi connectivity index (χ1v) is 8.79. The van der Waals surface area contributed by atoms with Crippen LogP contribution in [-0.4, -0.2) is 71.3 Å². The first kappa shape index (κ1) is 22.1. The molecule has 6 heteroatoms. The largest absolute Gasteiger partial charge is 0.382 e. The van der Waals surface area contributed by atoms with Crippen LogP contribution in [-0.2, 0) is 23.7 Å². The molecule has 0 saturated carbocycles. The van der Waals surface area contributed by atoms with Crippen molar-refractivity contribution in [2.45, 2.75) is 39.4 Å². The molecule has 0 spiro atoms. The Hall–Kier alpha value is 0.150. The summed E-state index contributed by atoms with van der Waals surface area (Å²) < 4.78 is 27.4. The molecular weight excluding hydrogens is 304 g/mol. The van der Waals surface area contributed by atoms with Crippen LogP contribution >= 0.6 is 12.6 Å². The first-order valence-electron chi connectivity index (χ1n) is 8.15. The molecule has 0 N–H and O–H groups in total. The van der Waals surface area contributed by atoms with Crippen molar-refractivity contribution in [3.63, 3.8) is 0 Å². The van der Waals surface area contributed by atoms with E-state index >= 15 is 0 Å². The third-order valence-electron chi connectivity index (χ3n) is 3.54. The van der Waals surface area contributed by atoms with Crippen molar-refractivity contribution >= 4 is 12.6 Å². The summed E-state index contributed by atoms with van der Waals surface area (Å²) in [5.74, 6) is 1.10. The Morgan fingerprint density at radius 2 is 1.50 bits per heavy atom. The predicted molar refractivity (Wildman–Crippen MR) is 92.0 cm³/mol. The summed E-state index contributed by atoms with van der Waals surface area (Å²) in [4.78, 5) is 0. The van der Waals surface area contributed by atoms with E-state index in [1.807, 2.05) is 6.92 Å². The van der Waals surface area contributed by atoms with Gasteiger partial charge in [0.2, 0.25) is 0 Å². The average Bonchev–Trinajstić information content (AvgIpc) is 2.52. The average molecular weight is 339 g/mol. The van der Waals surface area contributed by atoms with Crippen LogP contribution in [0.15, 0.2) is 0 Å². The molecule has 0 rings (SSSR count). The molecule has 0 amide bonds. The molecule has 0 aliphatic heterocycles. The topological polar surface area (TPSA) is 46.2 Å². The lowest BCUT2D eigenvalue weighted by molar-refractivity contribution is -0.0737. The van der Waals surface area contributed by atoms with Crippen molar-refractivity contribution in [3.8, 4) is 0 Å². The van der Waals surface area contributed by atoms with Gasteiger partial charge >= 0.3 is 0 Å². The summed E-state index contributed by atoms with van der Waals surface area (Å²) >= 11 is 4.32. The van der Waals surface area contributed by atoms with Gasteiger partial charge in [-0.3, -0.25) is 0 Å². The zero-order valence-corrected chi connectivity index (χ0v) is 15.5. The lowest BCUT2D eigenvalue weighted by atomic mass is 9.97. The predicted octanol–water partition coefficient (Wildman–Crippen LogP) is 2.43. The molecule has 0 aliphatic rings. The van der Waals surface area contributed by atoms with Crippen molar-refractivity contribution < 1.29 is 23.7 Å². The lowest BCUT2D eigenvalue weighted by Crippen LogP contribution is -2.33. The van der Waals surface area contributed by atoms with Crippen LogP contribution < -0.4 is 0 Å². The Morgan fingerprint density at radius 3 is 2.14 bits per heavy atom. The highest BCUT2D eigenvalue weighted by atomic mass is 32.1. The second-order valence-corrected chi connectivity index (χ2v) is 5.61. The van der Waals surface area contributed by atoms with E-state index in [2.05, 4.69) is 26.5 Å². The van der Waals surface area contributed by atoms with Gasteiger partial charge in [0.1, 0.15) is 0 Å². The minimum Gasteiger partial charge on any atom is -0.382 e. The molecule has 5 nitrogen and oxygen atoms in total. The molecule has 0 aromatic carbocycles. The van der Waals surface area contributed by atoms with Gasteiger partial charge in [-0.05, 0) is 26.0 Å². The van der Waals surface area contributed by atoms with E-state index in [4.69, 9.17) is 23.7 Å². The fraction of sp³-hybridized carbons (Fsp3) is 1.00. The molecule has 0 aliphatic carbocycles. The summed E-state index contributed by atoms with van der Waals surface area (Å²) in [5.41, 5.74) is 0. The van der Waals surface area contributed by atoms with E-state index in [1.165, 1.54) is 0 Å². The van der Waals surface area contributed by atoms with Crippen molar-refractivity contribution in [1.29, 1.82) is 0 Å². The lowest BCUT2D eigenvalue weighted by Gasteiger charge is -2.29. The van der Waals surface area contributed by atoms with Crippen molar-refractivity contribution in [2.24, 2.45) is 5.92 Å². The van der Waals surface area contributed by atoms with Crippen LogP contribution in [0.3, 0.4) is 0 Å². The fourth-order valence-electron chi connectivity index (χ4n) is 2.02. The summed E-state index contributed by atoms with van der Waals surface area (Å²) in [6.45, 7) is 10.6. The molecule has 0 radical (unpaired) electrons. The minimum atomic E-state index is 0.124. The smallest absolute Gasteiger partial charge is 0.0704 e. The molecule has 3 unspecified atom stereocenters. The van der Waals surface area contributed by atoms with Gasteiger partial charge in [0.05, 0.1) is 51.8 Å². The SMILES string of the molecule is CCOCCOCCOC(CCS)C(C)C(C)OCCOC. The highest BCUT2D eigenvalue weighted by molar-refractivity contribution is 7.80. The number of hydrogen-bond donors (Lipinski definition) is 1. The summed E-state index contributed by atoms with van der Waals surface area (Å²) in [6.07, 6.45) is 1.16. The van der Waals surface area contributed by atoms with E-state index in [-0.39, 0.29) is 12.2 Å². The van der Waals surface area contributed by atoms with Crippen molar-refractivity contribution in [3.05, 3.63) is 0 Å². The molecule has 134 valence electrons. The Balaban J connectivity index is 3.91. The van der Waals surface area contributed by atoms with Gasteiger partial charge in [0, 0.05) is 19.6 Å². The first-order chi connectivity index (χ1) is 10.7. The molecule has 3 atom stereocenters. The zero-order valence-electron chi connectivity index (χ0n) is 14.6. The fourth-order valence-corrected chi connectivity index (χ4v) is 2.27. The Labute approximate surface area is 141 Å². The van der Waals surface area contributed by atoms with Gasteiger partial charge in [-0.15, -0.1) is 0 Å². The van der Waals surface area contributed by atoms with E-state index in [9.17, 15) is 0 Å². The van der Waals surface area contributed by atoms with E-state index in [1.54, 1.807) is 7.11 Å². The normalized spacial score (nSPS) is 15.7. The highest BCUT2D eigenvalue weighted by Crippen LogP contribution is 2.18. The number of rotatable bonds is 16. The molecule has 22 heavy (non-hydrogen) atoms. The molecule has 0 fully saturated rings. The van der Waals surface area contributed by atoms with Crippen LogP contribution in [0.1, 0.15) is 27.2 Å². The molecule has 0 bridgehead atoms. The second-order valence-electron chi connectivity index (χ2n) is 5.16. The molecule has 0 aromatic rings. The summed E-state index contributed by atoms with van der Waals surface area (Å²) in [5, 5.41) is 0. The maximum Gasteiger partial charge on any atom is 0.0704 e. The van der Waals surface area contributed by atoms with Crippen LogP contribution in [0.5, 0.6) is 0 Å². The summed E-state index contributed by atoms with van der Waals surface area (Å²) in [7, 11) is 1.68. The van der Waals surface area contributed by atoms with Gasteiger partial charge in [-0.25, -0.2) is 0 Å². The van der Waals surface area contributed by atoms with Gasteiger partial charge in [-0.1, -0.05) is 6.92 Å². The molecular formula is C16H34O5S. The number of thiol groups is 1. The highest BCUT2D eigenvalue weighted by Gasteiger charge is 2.23. The van der Waals surface area contributed by atoms with Gasteiger partial charge in [0.15, 0.2) is 0 Å². The van der Waals surface area contributed by atoms with Crippen LogP contribution in [0, 0.1) is 5.92 Å². The molecule has 0 saturated heterocycles. The van der Waals surface area contributed by atoms with E-state index < -0.39 is 0 Å². The maximum absolute atomic E-state index is 5.95. The Kier molecular flexibility index (Phi) is 16.1. The van der Waals surface area contributed by atoms with Gasteiger partial charge in [-0.2, -0.15) is 12.6 Å². The van der Waals surface area contributed by atoms with Crippen LogP contribution in [0.2, 0.25) is 0 Å².